The van der Waals surface area contributed by atoms with Gasteiger partial charge in [0.15, 0.2) is 11.5 Å². The van der Waals surface area contributed by atoms with Crippen molar-refractivity contribution >= 4 is 5.78 Å². The van der Waals surface area contributed by atoms with Crippen molar-refractivity contribution in [3.05, 3.63) is 48.4 Å². The number of ether oxygens (including phenoxy) is 1. The van der Waals surface area contributed by atoms with Crippen LogP contribution in [-0.4, -0.2) is 31.0 Å². The van der Waals surface area contributed by atoms with Gasteiger partial charge < -0.3 is 4.74 Å². The SMILES string of the molecule is CC(=O)c1[nH]nnc1Oc1ccc(-n2cccn2)cc1. The molecule has 0 bridgehead atoms. The lowest BCUT2D eigenvalue weighted by molar-refractivity contribution is 0.101. The zero-order chi connectivity index (χ0) is 13.9. The second kappa shape index (κ2) is 4.96. The van der Waals surface area contributed by atoms with Crippen LogP contribution in [0.2, 0.25) is 0 Å². The van der Waals surface area contributed by atoms with E-state index in [1.807, 2.05) is 24.4 Å². The highest BCUT2D eigenvalue weighted by atomic mass is 16.5. The van der Waals surface area contributed by atoms with Crippen molar-refractivity contribution in [2.45, 2.75) is 6.92 Å². The van der Waals surface area contributed by atoms with Gasteiger partial charge >= 0.3 is 0 Å². The molecule has 7 heteroatoms. The summed E-state index contributed by atoms with van der Waals surface area (Å²) in [5, 5.41) is 13.9. The summed E-state index contributed by atoms with van der Waals surface area (Å²) in [6, 6.07) is 9.11. The molecule has 0 aliphatic heterocycles. The van der Waals surface area contributed by atoms with Gasteiger partial charge in [0.1, 0.15) is 5.75 Å². The molecule has 0 radical (unpaired) electrons. The number of hydrogen-bond acceptors (Lipinski definition) is 5. The molecule has 0 unspecified atom stereocenters. The number of aromatic nitrogens is 5. The monoisotopic (exact) mass is 269 g/mol. The first-order valence-electron chi connectivity index (χ1n) is 5.94. The van der Waals surface area contributed by atoms with Crippen molar-refractivity contribution in [1.29, 1.82) is 0 Å². The van der Waals surface area contributed by atoms with E-state index in [0.29, 0.717) is 5.75 Å². The molecule has 3 rings (SSSR count). The Hall–Kier alpha value is -2.96. The van der Waals surface area contributed by atoms with Gasteiger partial charge in [-0.3, -0.25) is 9.89 Å². The first-order chi connectivity index (χ1) is 9.74. The first-order valence-corrected chi connectivity index (χ1v) is 5.94. The number of nitrogens with one attached hydrogen (secondary N) is 1. The zero-order valence-corrected chi connectivity index (χ0v) is 10.6. The summed E-state index contributed by atoms with van der Waals surface area (Å²) in [4.78, 5) is 11.3. The maximum atomic E-state index is 11.3. The van der Waals surface area contributed by atoms with E-state index in [4.69, 9.17) is 4.74 Å². The Labute approximate surface area is 114 Å². The summed E-state index contributed by atoms with van der Waals surface area (Å²) in [6.07, 6.45) is 3.56. The smallest absolute Gasteiger partial charge is 0.269 e. The minimum absolute atomic E-state index is 0.171. The van der Waals surface area contributed by atoms with Gasteiger partial charge in [-0.15, -0.1) is 0 Å². The van der Waals surface area contributed by atoms with Crippen molar-refractivity contribution in [3.8, 4) is 17.3 Å². The zero-order valence-electron chi connectivity index (χ0n) is 10.6. The predicted molar refractivity (Wildman–Crippen MR) is 70.0 cm³/mol. The fraction of sp³-hybridized carbons (Fsp3) is 0.0769. The van der Waals surface area contributed by atoms with Crippen LogP contribution in [0.5, 0.6) is 11.6 Å². The van der Waals surface area contributed by atoms with Crippen LogP contribution in [-0.2, 0) is 0 Å². The normalized spacial score (nSPS) is 10.4. The minimum Gasteiger partial charge on any atom is -0.436 e. The van der Waals surface area contributed by atoms with Gasteiger partial charge in [-0.2, -0.15) is 5.10 Å². The molecule has 0 fully saturated rings. The van der Waals surface area contributed by atoms with Gasteiger partial charge in [0, 0.05) is 19.3 Å². The number of aromatic amines is 1. The first kappa shape index (κ1) is 12.1. The molecule has 2 heterocycles. The minimum atomic E-state index is -0.182. The number of ketones is 1. The summed E-state index contributed by atoms with van der Waals surface area (Å²) in [7, 11) is 0. The molecule has 100 valence electrons. The van der Waals surface area contributed by atoms with Gasteiger partial charge in [0.25, 0.3) is 5.88 Å². The van der Waals surface area contributed by atoms with Gasteiger partial charge in [-0.05, 0) is 30.3 Å². The molecule has 0 saturated carbocycles. The van der Waals surface area contributed by atoms with E-state index >= 15 is 0 Å². The topological polar surface area (TPSA) is 85.7 Å². The van der Waals surface area contributed by atoms with Crippen LogP contribution >= 0.6 is 0 Å². The second-order valence-corrected chi connectivity index (χ2v) is 4.09. The van der Waals surface area contributed by atoms with Crippen LogP contribution in [0.1, 0.15) is 17.4 Å². The second-order valence-electron chi connectivity index (χ2n) is 4.09. The molecule has 0 aliphatic carbocycles. The lowest BCUT2D eigenvalue weighted by Gasteiger charge is -2.05. The Morgan fingerprint density at radius 1 is 1.30 bits per heavy atom. The van der Waals surface area contributed by atoms with Crippen molar-refractivity contribution in [1.82, 2.24) is 25.2 Å². The molecular weight excluding hydrogens is 258 g/mol. The molecule has 0 amide bonds. The highest BCUT2D eigenvalue weighted by molar-refractivity contribution is 5.94. The van der Waals surface area contributed by atoms with E-state index in [1.54, 1.807) is 23.0 Å². The molecule has 2 aromatic heterocycles. The fourth-order valence-corrected chi connectivity index (χ4v) is 1.72. The van der Waals surface area contributed by atoms with Crippen LogP contribution in [0.4, 0.5) is 0 Å². The molecule has 7 nitrogen and oxygen atoms in total. The molecule has 3 aromatic rings. The largest absolute Gasteiger partial charge is 0.436 e. The van der Waals surface area contributed by atoms with E-state index in [2.05, 4.69) is 20.5 Å². The third-order valence-corrected chi connectivity index (χ3v) is 2.69. The fourth-order valence-electron chi connectivity index (χ4n) is 1.72. The maximum Gasteiger partial charge on any atom is 0.269 e. The number of nitrogens with zero attached hydrogens (tertiary/aromatic N) is 4. The van der Waals surface area contributed by atoms with E-state index in [9.17, 15) is 4.79 Å². The highest BCUT2D eigenvalue weighted by Crippen LogP contribution is 2.22. The van der Waals surface area contributed by atoms with Crippen LogP contribution in [0, 0.1) is 0 Å². The van der Waals surface area contributed by atoms with Crippen molar-refractivity contribution in [2.75, 3.05) is 0 Å². The standard InChI is InChI=1S/C13H11N5O2/c1-9(19)12-13(16-17-15-12)20-11-5-3-10(4-6-11)18-8-2-7-14-18/h2-8H,1H3,(H,15,16,17). The Kier molecular flexibility index (Phi) is 3.00. The maximum absolute atomic E-state index is 11.3. The lowest BCUT2D eigenvalue weighted by Crippen LogP contribution is -1.97. The summed E-state index contributed by atoms with van der Waals surface area (Å²) in [6.45, 7) is 1.42. The number of carbonyl (C=O) groups is 1. The van der Waals surface area contributed by atoms with Crippen LogP contribution in [0.15, 0.2) is 42.7 Å². The average Bonchev–Trinajstić information content (AvgIpc) is 3.10. The Morgan fingerprint density at radius 2 is 2.10 bits per heavy atom. The molecule has 1 aromatic carbocycles. The van der Waals surface area contributed by atoms with Crippen molar-refractivity contribution in [2.24, 2.45) is 0 Å². The van der Waals surface area contributed by atoms with E-state index in [-0.39, 0.29) is 17.4 Å². The summed E-state index contributed by atoms with van der Waals surface area (Å²) >= 11 is 0. The summed E-state index contributed by atoms with van der Waals surface area (Å²) < 4.78 is 7.26. The number of carbonyl (C=O) groups excluding carboxylic acids is 1. The van der Waals surface area contributed by atoms with Gasteiger partial charge in [-0.1, -0.05) is 10.3 Å². The molecule has 0 aliphatic rings. The number of Topliss-reactive ketones (excluding diaryl/α,β-unsaturated/α-hetero) is 1. The molecule has 0 spiro atoms. The molecule has 0 atom stereocenters. The van der Waals surface area contributed by atoms with E-state index < -0.39 is 0 Å². The number of rotatable bonds is 4. The summed E-state index contributed by atoms with van der Waals surface area (Å²) in [5.41, 5.74) is 1.16. The number of hydrogen-bond donors (Lipinski definition) is 1. The average molecular weight is 269 g/mol. The molecule has 1 N–H and O–H groups in total. The van der Waals surface area contributed by atoms with Gasteiger partial charge in [-0.25, -0.2) is 4.68 Å². The van der Waals surface area contributed by atoms with Crippen molar-refractivity contribution in [3.63, 3.8) is 0 Å². The van der Waals surface area contributed by atoms with Gasteiger partial charge in [0.05, 0.1) is 5.69 Å². The Balaban J connectivity index is 1.82. The number of benzene rings is 1. The van der Waals surface area contributed by atoms with Crippen LogP contribution in [0.25, 0.3) is 5.69 Å². The highest BCUT2D eigenvalue weighted by Gasteiger charge is 2.13. The van der Waals surface area contributed by atoms with E-state index in [1.165, 1.54) is 6.92 Å². The quantitative estimate of drug-likeness (QED) is 0.732. The molecular formula is C13H11N5O2. The van der Waals surface area contributed by atoms with E-state index in [0.717, 1.165) is 5.69 Å². The lowest BCUT2D eigenvalue weighted by atomic mass is 10.3. The third-order valence-electron chi connectivity index (χ3n) is 2.69. The Bertz CT molecular complexity index is 716. The molecule has 20 heavy (non-hydrogen) atoms. The van der Waals surface area contributed by atoms with Crippen LogP contribution in [0.3, 0.4) is 0 Å². The van der Waals surface area contributed by atoms with Crippen molar-refractivity contribution < 1.29 is 9.53 Å². The molecule has 0 saturated heterocycles. The Morgan fingerprint density at radius 3 is 2.75 bits per heavy atom. The van der Waals surface area contributed by atoms with Crippen LogP contribution < -0.4 is 4.74 Å². The summed E-state index contributed by atoms with van der Waals surface area (Å²) in [5.74, 6) is 0.555. The number of H-pyrrole nitrogens is 1. The van der Waals surface area contributed by atoms with Gasteiger partial charge in [0.2, 0.25) is 0 Å². The predicted octanol–water partition coefficient (Wildman–Crippen LogP) is 1.99. The third kappa shape index (κ3) is 2.28.